The number of hydrogen-bond donors (Lipinski definition) is 1. The van der Waals surface area contributed by atoms with Crippen LogP contribution in [-0.2, 0) is 0 Å². The lowest BCUT2D eigenvalue weighted by molar-refractivity contribution is 0.576. The first-order valence-corrected chi connectivity index (χ1v) is 6.75. The van der Waals surface area contributed by atoms with Crippen molar-refractivity contribution in [3.8, 4) is 0 Å². The summed E-state index contributed by atoms with van der Waals surface area (Å²) in [5.74, 6) is 0. The third-order valence-electron chi connectivity index (χ3n) is 2.66. The Hall–Kier alpha value is -0.470. The van der Waals surface area contributed by atoms with Gasteiger partial charge in [-0.2, -0.15) is 11.8 Å². The maximum Gasteiger partial charge on any atom is 0.0292 e. The lowest BCUT2D eigenvalue weighted by atomic mass is 10.1. The zero-order valence-corrected chi connectivity index (χ0v) is 10.9. The van der Waals surface area contributed by atoms with E-state index < -0.39 is 0 Å². The van der Waals surface area contributed by atoms with E-state index in [0.717, 1.165) is 6.54 Å². The highest BCUT2D eigenvalue weighted by Crippen LogP contribution is 2.14. The van der Waals surface area contributed by atoms with Gasteiger partial charge in [-0.05, 0) is 25.7 Å². The van der Waals surface area contributed by atoms with Crippen LogP contribution in [0.25, 0.3) is 0 Å². The van der Waals surface area contributed by atoms with Crippen LogP contribution in [0.2, 0.25) is 0 Å². The molecule has 0 aromatic heterocycles. The number of benzene rings is 1. The first-order chi connectivity index (χ1) is 7.13. The SMILES string of the molecule is CSC(C)CNC(C)c1cccc(C)c1. The molecule has 0 spiro atoms. The van der Waals surface area contributed by atoms with Gasteiger partial charge >= 0.3 is 0 Å². The standard InChI is InChI=1S/C13H21NS/c1-10-6-5-7-13(8-10)12(3)14-9-11(2)15-4/h5-8,11-12,14H,9H2,1-4H3. The molecule has 0 aliphatic heterocycles. The van der Waals surface area contributed by atoms with Crippen LogP contribution in [0.1, 0.15) is 31.0 Å². The highest BCUT2D eigenvalue weighted by Gasteiger charge is 2.06. The van der Waals surface area contributed by atoms with Crippen LogP contribution in [0.3, 0.4) is 0 Å². The van der Waals surface area contributed by atoms with Crippen LogP contribution in [0.5, 0.6) is 0 Å². The molecule has 1 aromatic rings. The summed E-state index contributed by atoms with van der Waals surface area (Å²) < 4.78 is 0. The highest BCUT2D eigenvalue weighted by molar-refractivity contribution is 7.99. The van der Waals surface area contributed by atoms with E-state index in [1.54, 1.807) is 0 Å². The molecule has 0 amide bonds. The third-order valence-corrected chi connectivity index (χ3v) is 3.63. The van der Waals surface area contributed by atoms with Gasteiger partial charge in [0, 0.05) is 17.8 Å². The van der Waals surface area contributed by atoms with Crippen molar-refractivity contribution in [2.75, 3.05) is 12.8 Å². The van der Waals surface area contributed by atoms with Gasteiger partial charge < -0.3 is 5.32 Å². The highest BCUT2D eigenvalue weighted by atomic mass is 32.2. The average molecular weight is 223 g/mol. The van der Waals surface area contributed by atoms with E-state index in [1.807, 2.05) is 11.8 Å². The van der Waals surface area contributed by atoms with Gasteiger partial charge in [-0.25, -0.2) is 0 Å². The van der Waals surface area contributed by atoms with Crippen molar-refractivity contribution in [2.45, 2.75) is 32.1 Å². The summed E-state index contributed by atoms with van der Waals surface area (Å²) in [6.07, 6.45) is 2.16. The summed E-state index contributed by atoms with van der Waals surface area (Å²) in [7, 11) is 0. The third kappa shape index (κ3) is 4.27. The van der Waals surface area contributed by atoms with E-state index in [0.29, 0.717) is 11.3 Å². The lowest BCUT2D eigenvalue weighted by Gasteiger charge is -2.17. The van der Waals surface area contributed by atoms with Crippen LogP contribution in [0.15, 0.2) is 24.3 Å². The fraction of sp³-hybridized carbons (Fsp3) is 0.538. The Kier molecular flexibility index (Phi) is 5.20. The average Bonchev–Trinajstić information content (AvgIpc) is 2.25. The summed E-state index contributed by atoms with van der Waals surface area (Å²) in [5, 5.41) is 4.23. The summed E-state index contributed by atoms with van der Waals surface area (Å²) >= 11 is 1.90. The Bertz CT molecular complexity index is 298. The molecule has 0 heterocycles. The fourth-order valence-electron chi connectivity index (χ4n) is 1.48. The first-order valence-electron chi connectivity index (χ1n) is 5.46. The van der Waals surface area contributed by atoms with Crippen molar-refractivity contribution < 1.29 is 0 Å². The Balaban J connectivity index is 2.50. The van der Waals surface area contributed by atoms with E-state index >= 15 is 0 Å². The molecular weight excluding hydrogens is 202 g/mol. The molecule has 2 heteroatoms. The lowest BCUT2D eigenvalue weighted by Crippen LogP contribution is -2.25. The summed E-state index contributed by atoms with van der Waals surface area (Å²) in [5.41, 5.74) is 2.71. The summed E-state index contributed by atoms with van der Waals surface area (Å²) in [6, 6.07) is 9.15. The predicted octanol–water partition coefficient (Wildman–Crippen LogP) is 3.40. The molecular formula is C13H21NS. The minimum absolute atomic E-state index is 0.444. The van der Waals surface area contributed by atoms with Crippen molar-refractivity contribution in [3.63, 3.8) is 0 Å². The molecule has 2 unspecified atom stereocenters. The smallest absolute Gasteiger partial charge is 0.0292 e. The van der Waals surface area contributed by atoms with Gasteiger partial charge in [-0.15, -0.1) is 0 Å². The van der Waals surface area contributed by atoms with Gasteiger partial charge in [0.2, 0.25) is 0 Å². The predicted molar refractivity (Wildman–Crippen MR) is 70.6 cm³/mol. The van der Waals surface area contributed by atoms with Crippen LogP contribution in [-0.4, -0.2) is 18.1 Å². The first kappa shape index (κ1) is 12.6. The molecule has 0 saturated heterocycles. The molecule has 2 atom stereocenters. The molecule has 15 heavy (non-hydrogen) atoms. The zero-order chi connectivity index (χ0) is 11.3. The number of aryl methyl sites for hydroxylation is 1. The molecule has 1 rings (SSSR count). The van der Waals surface area contributed by atoms with Gasteiger partial charge in [-0.3, -0.25) is 0 Å². The Morgan fingerprint density at radius 1 is 1.33 bits per heavy atom. The van der Waals surface area contributed by atoms with Crippen molar-refractivity contribution >= 4 is 11.8 Å². The van der Waals surface area contributed by atoms with Gasteiger partial charge in [0.15, 0.2) is 0 Å². The van der Waals surface area contributed by atoms with E-state index in [1.165, 1.54) is 11.1 Å². The van der Waals surface area contributed by atoms with E-state index in [4.69, 9.17) is 0 Å². The second kappa shape index (κ2) is 6.19. The minimum atomic E-state index is 0.444. The van der Waals surface area contributed by atoms with Crippen molar-refractivity contribution in [1.82, 2.24) is 5.32 Å². The molecule has 0 radical (unpaired) electrons. The topological polar surface area (TPSA) is 12.0 Å². The monoisotopic (exact) mass is 223 g/mol. The Morgan fingerprint density at radius 2 is 2.07 bits per heavy atom. The van der Waals surface area contributed by atoms with Crippen molar-refractivity contribution in [2.24, 2.45) is 0 Å². The molecule has 1 N–H and O–H groups in total. The molecule has 1 nitrogen and oxygen atoms in total. The second-order valence-corrected chi connectivity index (χ2v) is 5.37. The fourth-order valence-corrected chi connectivity index (χ4v) is 1.75. The summed E-state index contributed by atoms with van der Waals surface area (Å²) in [6.45, 7) is 7.68. The number of rotatable bonds is 5. The quantitative estimate of drug-likeness (QED) is 0.821. The van der Waals surface area contributed by atoms with Crippen LogP contribution < -0.4 is 5.32 Å². The van der Waals surface area contributed by atoms with Gasteiger partial charge in [-0.1, -0.05) is 36.8 Å². The molecule has 1 aromatic carbocycles. The molecule has 84 valence electrons. The number of thioether (sulfide) groups is 1. The van der Waals surface area contributed by atoms with E-state index in [9.17, 15) is 0 Å². The van der Waals surface area contributed by atoms with Crippen molar-refractivity contribution in [1.29, 1.82) is 0 Å². The van der Waals surface area contributed by atoms with E-state index in [2.05, 4.69) is 56.6 Å². The van der Waals surface area contributed by atoms with Crippen molar-refractivity contribution in [3.05, 3.63) is 35.4 Å². The molecule has 0 saturated carbocycles. The largest absolute Gasteiger partial charge is 0.309 e. The van der Waals surface area contributed by atoms with Gasteiger partial charge in [0.25, 0.3) is 0 Å². The number of hydrogen-bond acceptors (Lipinski definition) is 2. The van der Waals surface area contributed by atoms with Gasteiger partial charge in [0.1, 0.15) is 0 Å². The Morgan fingerprint density at radius 3 is 2.67 bits per heavy atom. The summed E-state index contributed by atoms with van der Waals surface area (Å²) in [4.78, 5) is 0. The maximum absolute atomic E-state index is 3.56. The van der Waals surface area contributed by atoms with E-state index in [-0.39, 0.29) is 0 Å². The van der Waals surface area contributed by atoms with Crippen LogP contribution >= 0.6 is 11.8 Å². The Labute approximate surface area is 97.7 Å². The van der Waals surface area contributed by atoms with Crippen LogP contribution in [0.4, 0.5) is 0 Å². The molecule has 0 fully saturated rings. The maximum atomic E-state index is 3.56. The molecule has 0 bridgehead atoms. The zero-order valence-electron chi connectivity index (χ0n) is 10.1. The minimum Gasteiger partial charge on any atom is -0.309 e. The molecule has 0 aliphatic rings. The second-order valence-electron chi connectivity index (χ2n) is 4.09. The number of nitrogens with one attached hydrogen (secondary N) is 1. The normalized spacial score (nSPS) is 14.9. The van der Waals surface area contributed by atoms with Gasteiger partial charge in [0.05, 0.1) is 0 Å². The van der Waals surface area contributed by atoms with Crippen LogP contribution in [0, 0.1) is 6.92 Å². The molecule has 0 aliphatic carbocycles.